The molecule has 0 spiro atoms. The number of methoxy groups -OCH3 is 1. The summed E-state index contributed by atoms with van der Waals surface area (Å²) in [4.78, 5) is 4.67. The van der Waals surface area contributed by atoms with Crippen LogP contribution in [0.3, 0.4) is 0 Å². The third kappa shape index (κ3) is 2.35. The van der Waals surface area contributed by atoms with Crippen LogP contribution in [-0.2, 0) is 6.42 Å². The highest BCUT2D eigenvalue weighted by Crippen LogP contribution is 2.38. The van der Waals surface area contributed by atoms with Crippen LogP contribution in [0.5, 0.6) is 5.75 Å². The maximum absolute atomic E-state index is 6.37. The minimum absolute atomic E-state index is 0.703. The Kier molecular flexibility index (Phi) is 4.15. The summed E-state index contributed by atoms with van der Waals surface area (Å²) in [6.07, 6.45) is 0.921. The molecule has 1 N–H and O–H groups in total. The number of pyridine rings is 1. The maximum atomic E-state index is 6.37. The van der Waals surface area contributed by atoms with Crippen molar-refractivity contribution in [3.63, 3.8) is 0 Å². The van der Waals surface area contributed by atoms with Gasteiger partial charge in [-0.3, -0.25) is 0 Å². The van der Waals surface area contributed by atoms with Gasteiger partial charge in [-0.2, -0.15) is 0 Å². The summed E-state index contributed by atoms with van der Waals surface area (Å²) in [5, 5.41) is 5.08. The number of ether oxygens (including phenoxy) is 1. The molecule has 0 aliphatic rings. The van der Waals surface area contributed by atoms with Crippen molar-refractivity contribution in [3.8, 4) is 5.75 Å². The van der Waals surface area contributed by atoms with E-state index in [2.05, 4.69) is 24.1 Å². The van der Waals surface area contributed by atoms with Crippen molar-refractivity contribution in [2.45, 2.75) is 27.2 Å². The Morgan fingerprint density at radius 1 is 1.32 bits per heavy atom. The van der Waals surface area contributed by atoms with Crippen molar-refractivity contribution < 1.29 is 4.74 Å². The summed E-state index contributed by atoms with van der Waals surface area (Å²) in [5.74, 6) is 0.754. The zero-order valence-corrected chi connectivity index (χ0v) is 12.6. The zero-order chi connectivity index (χ0) is 14.0. The van der Waals surface area contributed by atoms with Crippen molar-refractivity contribution >= 4 is 28.2 Å². The first kappa shape index (κ1) is 13.9. The molecule has 4 heteroatoms. The second kappa shape index (κ2) is 5.66. The molecular formula is C15H19ClN2O. The first-order valence-corrected chi connectivity index (χ1v) is 6.91. The van der Waals surface area contributed by atoms with Crippen LogP contribution in [0.15, 0.2) is 12.1 Å². The highest BCUT2D eigenvalue weighted by atomic mass is 35.5. The Hall–Kier alpha value is -1.48. The molecule has 3 nitrogen and oxygen atoms in total. The van der Waals surface area contributed by atoms with Crippen LogP contribution in [0, 0.1) is 6.92 Å². The van der Waals surface area contributed by atoms with Gasteiger partial charge in [0.15, 0.2) is 0 Å². The zero-order valence-electron chi connectivity index (χ0n) is 11.8. The summed E-state index contributed by atoms with van der Waals surface area (Å²) in [7, 11) is 1.65. The molecule has 0 saturated heterocycles. The number of hydrogen-bond acceptors (Lipinski definition) is 3. The molecule has 102 valence electrons. The number of benzene rings is 1. The Morgan fingerprint density at radius 2 is 2.05 bits per heavy atom. The van der Waals surface area contributed by atoms with Crippen LogP contribution in [-0.4, -0.2) is 18.6 Å². The average molecular weight is 279 g/mol. The lowest BCUT2D eigenvalue weighted by Crippen LogP contribution is -2.06. The number of hydrogen-bond donors (Lipinski definition) is 1. The average Bonchev–Trinajstić information content (AvgIpc) is 2.39. The van der Waals surface area contributed by atoms with Crippen LogP contribution in [0.4, 0.5) is 5.69 Å². The van der Waals surface area contributed by atoms with Gasteiger partial charge in [-0.15, -0.1) is 0 Å². The lowest BCUT2D eigenvalue weighted by atomic mass is 10.0. The summed E-state index contributed by atoms with van der Waals surface area (Å²) >= 11 is 6.37. The molecule has 2 aromatic rings. The van der Waals surface area contributed by atoms with Crippen LogP contribution in [0.25, 0.3) is 10.9 Å². The van der Waals surface area contributed by atoms with Crippen LogP contribution < -0.4 is 10.1 Å². The van der Waals surface area contributed by atoms with E-state index in [0.717, 1.165) is 41.0 Å². The van der Waals surface area contributed by atoms with Crippen molar-refractivity contribution in [2.75, 3.05) is 19.0 Å². The quantitative estimate of drug-likeness (QED) is 0.910. The van der Waals surface area contributed by atoms with E-state index in [0.29, 0.717) is 5.02 Å². The predicted octanol–water partition coefficient (Wildman–Crippen LogP) is 4.20. The van der Waals surface area contributed by atoms with Crippen LogP contribution >= 0.6 is 11.6 Å². The van der Waals surface area contributed by atoms with Gasteiger partial charge in [0.05, 0.1) is 17.8 Å². The van der Waals surface area contributed by atoms with Gasteiger partial charge < -0.3 is 10.1 Å². The van der Waals surface area contributed by atoms with Gasteiger partial charge in [0.25, 0.3) is 0 Å². The Bertz CT molecular complexity index is 611. The fourth-order valence-electron chi connectivity index (χ4n) is 2.43. The van der Waals surface area contributed by atoms with E-state index in [-0.39, 0.29) is 0 Å². The van der Waals surface area contributed by atoms with Gasteiger partial charge in [-0.25, -0.2) is 4.98 Å². The number of anilines is 1. The van der Waals surface area contributed by atoms with Crippen molar-refractivity contribution in [3.05, 3.63) is 28.4 Å². The number of nitrogens with one attached hydrogen (secondary N) is 1. The van der Waals surface area contributed by atoms with E-state index in [9.17, 15) is 0 Å². The molecule has 0 radical (unpaired) electrons. The monoisotopic (exact) mass is 278 g/mol. The highest BCUT2D eigenvalue weighted by Gasteiger charge is 2.16. The topological polar surface area (TPSA) is 34.2 Å². The van der Waals surface area contributed by atoms with E-state index in [4.69, 9.17) is 16.3 Å². The first-order valence-electron chi connectivity index (χ1n) is 6.53. The smallest absolute Gasteiger partial charge is 0.145 e. The van der Waals surface area contributed by atoms with E-state index in [1.807, 2.05) is 19.1 Å². The number of fused-ring (bicyclic) bond motifs is 1. The Morgan fingerprint density at radius 3 is 2.63 bits per heavy atom. The standard InChI is InChI=1S/C15H19ClN2O/c1-5-10-9(3)18-15-12(19-4)8-7-11(16)13(15)14(10)17-6-2/h7-8H,5-6H2,1-4H3,(H,17,18). The minimum atomic E-state index is 0.703. The van der Waals surface area contributed by atoms with Crippen molar-refractivity contribution in [2.24, 2.45) is 0 Å². The van der Waals surface area contributed by atoms with Crippen molar-refractivity contribution in [1.82, 2.24) is 4.98 Å². The van der Waals surface area contributed by atoms with Gasteiger partial charge in [-0.1, -0.05) is 18.5 Å². The number of rotatable bonds is 4. The van der Waals surface area contributed by atoms with Crippen LogP contribution in [0.2, 0.25) is 5.02 Å². The highest BCUT2D eigenvalue weighted by molar-refractivity contribution is 6.36. The SMILES string of the molecule is CCNc1c(CC)c(C)nc2c(OC)ccc(Cl)c12. The normalized spacial score (nSPS) is 10.8. The lowest BCUT2D eigenvalue weighted by molar-refractivity contribution is 0.419. The molecule has 1 heterocycles. The van der Waals surface area contributed by atoms with Gasteiger partial charge >= 0.3 is 0 Å². The number of nitrogens with zero attached hydrogens (tertiary/aromatic N) is 1. The summed E-state index contributed by atoms with van der Waals surface area (Å²) < 4.78 is 5.40. The Labute approximate surface area is 118 Å². The lowest BCUT2D eigenvalue weighted by Gasteiger charge is -2.17. The van der Waals surface area contributed by atoms with Gasteiger partial charge in [0.2, 0.25) is 0 Å². The van der Waals surface area contributed by atoms with Gasteiger partial charge in [0.1, 0.15) is 11.3 Å². The summed E-state index contributed by atoms with van der Waals surface area (Å²) in [6.45, 7) is 7.08. The van der Waals surface area contributed by atoms with E-state index in [1.165, 1.54) is 5.56 Å². The van der Waals surface area contributed by atoms with Crippen LogP contribution in [0.1, 0.15) is 25.1 Å². The number of aromatic nitrogens is 1. The molecular weight excluding hydrogens is 260 g/mol. The fraction of sp³-hybridized carbons (Fsp3) is 0.400. The molecule has 0 fully saturated rings. The molecule has 0 atom stereocenters. The largest absolute Gasteiger partial charge is 0.494 e. The molecule has 0 amide bonds. The third-order valence-electron chi connectivity index (χ3n) is 3.29. The summed E-state index contributed by atoms with van der Waals surface area (Å²) in [5.41, 5.74) is 4.13. The molecule has 0 aliphatic carbocycles. The number of aryl methyl sites for hydroxylation is 1. The Balaban J connectivity index is 2.90. The van der Waals surface area contributed by atoms with E-state index >= 15 is 0 Å². The van der Waals surface area contributed by atoms with Crippen molar-refractivity contribution in [1.29, 1.82) is 0 Å². The second-order valence-corrected chi connectivity index (χ2v) is 4.82. The minimum Gasteiger partial charge on any atom is -0.494 e. The molecule has 0 bridgehead atoms. The van der Waals surface area contributed by atoms with E-state index < -0.39 is 0 Å². The van der Waals surface area contributed by atoms with E-state index in [1.54, 1.807) is 7.11 Å². The fourth-order valence-corrected chi connectivity index (χ4v) is 2.68. The molecule has 2 rings (SSSR count). The van der Waals surface area contributed by atoms with Gasteiger partial charge in [0, 0.05) is 17.6 Å². The molecule has 1 aromatic carbocycles. The number of halogens is 1. The third-order valence-corrected chi connectivity index (χ3v) is 3.60. The first-order chi connectivity index (χ1) is 9.13. The summed E-state index contributed by atoms with van der Waals surface area (Å²) in [6, 6.07) is 3.72. The predicted molar refractivity (Wildman–Crippen MR) is 81.6 cm³/mol. The molecule has 1 aromatic heterocycles. The molecule has 0 aliphatic heterocycles. The second-order valence-electron chi connectivity index (χ2n) is 4.41. The molecule has 0 saturated carbocycles. The molecule has 19 heavy (non-hydrogen) atoms. The van der Waals surface area contributed by atoms with Gasteiger partial charge in [-0.05, 0) is 38.0 Å². The maximum Gasteiger partial charge on any atom is 0.145 e. The molecule has 0 unspecified atom stereocenters.